The van der Waals surface area contributed by atoms with Gasteiger partial charge in [-0.1, -0.05) is 36.1 Å². The highest BCUT2D eigenvalue weighted by molar-refractivity contribution is 8.26. The zero-order valence-electron chi connectivity index (χ0n) is 15.6. The maximum Gasteiger partial charge on any atom is 0.267 e. The number of thioether (sulfide) groups is 1. The lowest BCUT2D eigenvalue weighted by molar-refractivity contribution is -0.121. The highest BCUT2D eigenvalue weighted by atomic mass is 32.2. The maximum absolute atomic E-state index is 13.1. The molecule has 0 unspecified atom stereocenters. The van der Waals surface area contributed by atoms with E-state index in [0.717, 1.165) is 17.3 Å². The number of fused-ring (bicyclic) bond motifs is 1. The van der Waals surface area contributed by atoms with Crippen LogP contribution in [0.1, 0.15) is 11.1 Å². The van der Waals surface area contributed by atoms with Gasteiger partial charge in [-0.25, -0.2) is 4.98 Å². The minimum absolute atomic E-state index is 0.244. The van der Waals surface area contributed by atoms with E-state index in [4.69, 9.17) is 17.0 Å². The average molecular weight is 417 g/mol. The van der Waals surface area contributed by atoms with Crippen molar-refractivity contribution in [3.63, 3.8) is 0 Å². The first kappa shape index (κ1) is 20.2. The number of aryl methyl sites for hydroxylation is 1. The summed E-state index contributed by atoms with van der Waals surface area (Å²) in [6.07, 6.45) is 4.83. The third-order valence-electron chi connectivity index (χ3n) is 4.14. The zero-order valence-corrected chi connectivity index (χ0v) is 17.2. The van der Waals surface area contributed by atoms with Crippen LogP contribution in [0.25, 0.3) is 11.7 Å². The molecule has 2 aromatic rings. The topological polar surface area (TPSA) is 75.9 Å². The number of hydrogen-bond acceptors (Lipinski definition) is 7. The second-order valence-corrected chi connectivity index (χ2v) is 7.74. The van der Waals surface area contributed by atoms with Gasteiger partial charge in [0, 0.05) is 26.4 Å². The number of amides is 1. The molecule has 0 spiro atoms. The van der Waals surface area contributed by atoms with Crippen molar-refractivity contribution >= 4 is 51.7 Å². The van der Waals surface area contributed by atoms with E-state index < -0.39 is 0 Å². The first-order valence-corrected chi connectivity index (χ1v) is 9.81. The molecule has 7 nitrogen and oxygen atoms in total. The molecule has 1 aliphatic rings. The van der Waals surface area contributed by atoms with Crippen molar-refractivity contribution in [3.8, 4) is 0 Å². The Hall–Kier alpha value is -2.49. The van der Waals surface area contributed by atoms with E-state index in [1.807, 2.05) is 13.0 Å². The molecule has 0 saturated carbocycles. The highest BCUT2D eigenvalue weighted by Crippen LogP contribution is 2.32. The Kier molecular flexibility index (Phi) is 6.28. The number of hydrogen-bond donors (Lipinski definition) is 1. The van der Waals surface area contributed by atoms with E-state index in [-0.39, 0.29) is 11.5 Å². The Bertz CT molecular complexity index is 1050. The summed E-state index contributed by atoms with van der Waals surface area (Å²) in [5.41, 5.74) is 1.47. The molecule has 9 heteroatoms. The molecule has 0 aliphatic carbocycles. The lowest BCUT2D eigenvalue weighted by Gasteiger charge is -2.12. The Morgan fingerprint density at radius 2 is 2.21 bits per heavy atom. The summed E-state index contributed by atoms with van der Waals surface area (Å²) in [7, 11) is 1.60. The van der Waals surface area contributed by atoms with Crippen LogP contribution in [0.2, 0.25) is 0 Å². The molecule has 1 saturated heterocycles. The van der Waals surface area contributed by atoms with Crippen LogP contribution in [0, 0.1) is 6.92 Å². The largest absolute Gasteiger partial charge is 0.383 e. The van der Waals surface area contributed by atoms with Crippen LogP contribution in [-0.4, -0.2) is 51.3 Å². The van der Waals surface area contributed by atoms with Crippen LogP contribution in [0.15, 0.2) is 40.7 Å². The van der Waals surface area contributed by atoms with Gasteiger partial charge in [-0.05, 0) is 24.6 Å². The summed E-state index contributed by atoms with van der Waals surface area (Å²) in [4.78, 5) is 32.2. The zero-order chi connectivity index (χ0) is 20.3. The van der Waals surface area contributed by atoms with E-state index in [1.54, 1.807) is 31.5 Å². The van der Waals surface area contributed by atoms with Gasteiger partial charge in [0.15, 0.2) is 0 Å². The second kappa shape index (κ2) is 8.68. The number of nitrogens with zero attached hydrogens (tertiary/aromatic N) is 3. The SMILES string of the molecule is C=CCN1C(=O)/C(=C\c2c(NCCOC)nc3c(C)cccn3c2=O)SC1=S. The first-order valence-electron chi connectivity index (χ1n) is 8.59. The summed E-state index contributed by atoms with van der Waals surface area (Å²) >= 11 is 6.43. The molecule has 1 fully saturated rings. The van der Waals surface area contributed by atoms with Crippen molar-refractivity contribution < 1.29 is 9.53 Å². The third-order valence-corrected chi connectivity index (χ3v) is 5.52. The van der Waals surface area contributed by atoms with Gasteiger partial charge in [0.2, 0.25) is 0 Å². The van der Waals surface area contributed by atoms with E-state index in [2.05, 4.69) is 16.9 Å². The van der Waals surface area contributed by atoms with Crippen molar-refractivity contribution in [3.05, 3.63) is 57.4 Å². The number of nitrogens with one attached hydrogen (secondary N) is 1. The van der Waals surface area contributed by atoms with Crippen molar-refractivity contribution in [2.24, 2.45) is 0 Å². The molecule has 1 aliphatic heterocycles. The van der Waals surface area contributed by atoms with Gasteiger partial charge in [-0.2, -0.15) is 0 Å². The predicted molar refractivity (Wildman–Crippen MR) is 117 cm³/mol. The normalized spacial score (nSPS) is 15.6. The number of aromatic nitrogens is 2. The Morgan fingerprint density at radius 3 is 2.93 bits per heavy atom. The first-order chi connectivity index (χ1) is 13.5. The van der Waals surface area contributed by atoms with Crippen molar-refractivity contribution in [1.82, 2.24) is 14.3 Å². The Balaban J connectivity index is 2.13. The van der Waals surface area contributed by atoms with Crippen molar-refractivity contribution in [2.45, 2.75) is 6.92 Å². The van der Waals surface area contributed by atoms with Gasteiger partial charge in [0.05, 0.1) is 17.1 Å². The number of pyridine rings is 1. The monoisotopic (exact) mass is 416 g/mol. The van der Waals surface area contributed by atoms with Crippen LogP contribution < -0.4 is 10.9 Å². The average Bonchev–Trinajstić information content (AvgIpc) is 2.93. The minimum atomic E-state index is -0.261. The van der Waals surface area contributed by atoms with Gasteiger partial charge in [-0.3, -0.25) is 18.9 Å². The van der Waals surface area contributed by atoms with E-state index >= 15 is 0 Å². The molecular formula is C19H20N4O3S2. The molecule has 1 amide bonds. The Morgan fingerprint density at radius 1 is 1.43 bits per heavy atom. The lowest BCUT2D eigenvalue weighted by atomic mass is 10.2. The molecule has 146 valence electrons. The van der Waals surface area contributed by atoms with E-state index in [0.29, 0.717) is 46.0 Å². The summed E-state index contributed by atoms with van der Waals surface area (Å²) in [5, 5.41) is 3.13. The predicted octanol–water partition coefficient (Wildman–Crippen LogP) is 2.45. The number of thiocarbonyl (C=S) groups is 1. The molecule has 2 aromatic heterocycles. The number of methoxy groups -OCH3 is 1. The second-order valence-electron chi connectivity index (χ2n) is 6.06. The van der Waals surface area contributed by atoms with Crippen LogP contribution in [0.5, 0.6) is 0 Å². The summed E-state index contributed by atoms with van der Waals surface area (Å²) < 4.78 is 6.99. The van der Waals surface area contributed by atoms with Gasteiger partial charge in [-0.15, -0.1) is 6.58 Å². The summed E-state index contributed by atoms with van der Waals surface area (Å²) in [6, 6.07) is 3.68. The fourth-order valence-electron chi connectivity index (χ4n) is 2.77. The maximum atomic E-state index is 13.1. The van der Waals surface area contributed by atoms with Crippen LogP contribution in [0.3, 0.4) is 0 Å². The summed E-state index contributed by atoms with van der Waals surface area (Å²) in [5.74, 6) is 0.164. The summed E-state index contributed by atoms with van der Waals surface area (Å²) in [6.45, 7) is 6.79. The number of ether oxygens (including phenoxy) is 1. The fraction of sp³-hybridized carbons (Fsp3) is 0.263. The lowest BCUT2D eigenvalue weighted by Crippen LogP contribution is -2.28. The third kappa shape index (κ3) is 3.87. The Labute approximate surface area is 172 Å². The van der Waals surface area contributed by atoms with Crippen LogP contribution in [-0.2, 0) is 9.53 Å². The van der Waals surface area contributed by atoms with Crippen molar-refractivity contribution in [1.29, 1.82) is 0 Å². The van der Waals surface area contributed by atoms with Gasteiger partial charge < -0.3 is 10.1 Å². The number of anilines is 1. The van der Waals surface area contributed by atoms with Crippen LogP contribution >= 0.6 is 24.0 Å². The number of carbonyl (C=O) groups excluding carboxylic acids is 1. The smallest absolute Gasteiger partial charge is 0.267 e. The van der Waals surface area contributed by atoms with Crippen molar-refractivity contribution in [2.75, 3.05) is 32.1 Å². The number of rotatable bonds is 7. The van der Waals surface area contributed by atoms with Gasteiger partial charge >= 0.3 is 0 Å². The highest BCUT2D eigenvalue weighted by Gasteiger charge is 2.31. The van der Waals surface area contributed by atoms with E-state index in [1.165, 1.54) is 9.30 Å². The molecule has 0 atom stereocenters. The molecule has 28 heavy (non-hydrogen) atoms. The number of carbonyl (C=O) groups is 1. The standard InChI is InChI=1S/C19H20N4O3S2/c1-4-8-23-18(25)14(28-19(23)27)11-13-15(20-7-10-26-3)21-16-12(2)6-5-9-22(16)17(13)24/h4-6,9,11,20H,1,7-8,10H2,2-3H3/b14-11+. The molecular weight excluding hydrogens is 396 g/mol. The van der Waals surface area contributed by atoms with Crippen LogP contribution in [0.4, 0.5) is 5.82 Å². The fourth-order valence-corrected chi connectivity index (χ4v) is 4.02. The minimum Gasteiger partial charge on any atom is -0.383 e. The quantitative estimate of drug-likeness (QED) is 0.322. The molecule has 0 bridgehead atoms. The molecule has 0 aromatic carbocycles. The molecule has 3 rings (SSSR count). The van der Waals surface area contributed by atoms with E-state index in [9.17, 15) is 9.59 Å². The molecule has 1 N–H and O–H groups in total. The van der Waals surface area contributed by atoms with Gasteiger partial charge in [0.1, 0.15) is 15.8 Å². The van der Waals surface area contributed by atoms with Gasteiger partial charge in [0.25, 0.3) is 11.5 Å². The molecule has 3 heterocycles. The molecule has 0 radical (unpaired) electrons.